The molecule has 0 saturated heterocycles. The zero-order valence-electron chi connectivity index (χ0n) is 15.6. The van der Waals surface area contributed by atoms with E-state index in [-0.39, 0.29) is 18.1 Å². The third-order valence-electron chi connectivity index (χ3n) is 5.39. The molecule has 1 unspecified atom stereocenters. The predicted octanol–water partition coefficient (Wildman–Crippen LogP) is 4.81. The lowest BCUT2D eigenvalue weighted by atomic mass is 10.0. The quantitative estimate of drug-likeness (QED) is 0.689. The van der Waals surface area contributed by atoms with Crippen LogP contribution in [0.25, 0.3) is 11.0 Å². The first-order valence-electron chi connectivity index (χ1n) is 9.71. The van der Waals surface area contributed by atoms with Gasteiger partial charge >= 0.3 is 6.09 Å². The smallest absolute Gasteiger partial charge is 0.414 e. The maximum atomic E-state index is 12.4. The fourth-order valence-corrected chi connectivity index (χ4v) is 3.81. The molecule has 1 aliphatic heterocycles. The molecule has 1 aliphatic carbocycles. The topological polar surface area (TPSA) is 71.1 Å². The lowest BCUT2D eigenvalue weighted by Crippen LogP contribution is -2.36. The molecule has 28 heavy (non-hydrogen) atoms. The van der Waals surface area contributed by atoms with E-state index in [2.05, 4.69) is 16.9 Å². The first kappa shape index (κ1) is 17.5. The Morgan fingerprint density at radius 1 is 1.29 bits per heavy atom. The second kappa shape index (κ2) is 6.78. The first-order valence-corrected chi connectivity index (χ1v) is 10.1. The lowest BCUT2D eigenvalue weighted by Gasteiger charge is -2.28. The van der Waals surface area contributed by atoms with Crippen LogP contribution in [0.5, 0.6) is 0 Å². The highest BCUT2D eigenvalue weighted by molar-refractivity contribution is 6.31. The normalized spacial score (nSPS) is 17.4. The summed E-state index contributed by atoms with van der Waals surface area (Å²) in [4.78, 5) is 27.1. The number of halogens is 1. The van der Waals surface area contributed by atoms with E-state index >= 15 is 0 Å². The summed E-state index contributed by atoms with van der Waals surface area (Å²) in [5.41, 5.74) is 4.55. The molecule has 144 valence electrons. The minimum atomic E-state index is -0.250. The largest absolute Gasteiger partial charge is 0.446 e. The number of aromatic nitrogens is 3. The Labute approximate surface area is 167 Å². The van der Waals surface area contributed by atoms with Crippen molar-refractivity contribution in [2.75, 3.05) is 11.4 Å². The van der Waals surface area contributed by atoms with Gasteiger partial charge in [-0.05, 0) is 62.9 Å². The van der Waals surface area contributed by atoms with E-state index in [1.54, 1.807) is 4.90 Å². The molecule has 0 spiro atoms. The highest BCUT2D eigenvalue weighted by Gasteiger charge is 2.31. The molecule has 5 rings (SSSR count). The van der Waals surface area contributed by atoms with Crippen LogP contribution in [0, 0.1) is 0 Å². The number of benzene rings is 1. The Bertz CT molecular complexity index is 1060. The number of aromatic amines is 1. The van der Waals surface area contributed by atoms with E-state index in [4.69, 9.17) is 21.3 Å². The van der Waals surface area contributed by atoms with E-state index in [0.29, 0.717) is 11.6 Å². The van der Waals surface area contributed by atoms with Crippen LogP contribution in [-0.2, 0) is 11.2 Å². The van der Waals surface area contributed by atoms with Crippen molar-refractivity contribution in [2.45, 2.75) is 44.6 Å². The number of ether oxygens (including phenoxy) is 1. The van der Waals surface area contributed by atoms with Crippen LogP contribution in [-0.4, -0.2) is 33.7 Å². The van der Waals surface area contributed by atoms with E-state index in [1.807, 2.05) is 30.3 Å². The van der Waals surface area contributed by atoms with Crippen LogP contribution in [0.1, 0.15) is 49.3 Å². The number of H-pyrrole nitrogens is 1. The number of amides is 1. The number of pyridine rings is 1. The molecule has 1 fully saturated rings. The highest BCUT2D eigenvalue weighted by atomic mass is 35.5. The Morgan fingerprint density at radius 3 is 2.96 bits per heavy atom. The molecular formula is C21H21ClN4O2. The number of anilines is 1. The summed E-state index contributed by atoms with van der Waals surface area (Å²) in [5, 5.41) is 0.681. The van der Waals surface area contributed by atoms with Gasteiger partial charge in [0.2, 0.25) is 0 Å². The zero-order chi connectivity index (χ0) is 19.3. The minimum Gasteiger partial charge on any atom is -0.446 e. The van der Waals surface area contributed by atoms with Gasteiger partial charge in [0.25, 0.3) is 0 Å². The molecule has 1 atom stereocenters. The summed E-state index contributed by atoms with van der Waals surface area (Å²) < 4.78 is 5.48. The maximum absolute atomic E-state index is 12.4. The van der Waals surface area contributed by atoms with Gasteiger partial charge in [-0.3, -0.25) is 9.88 Å². The summed E-state index contributed by atoms with van der Waals surface area (Å²) in [7, 11) is 0. The number of hydrogen-bond acceptors (Lipinski definition) is 4. The molecular weight excluding hydrogens is 376 g/mol. The average Bonchev–Trinajstić information content (AvgIpc) is 3.41. The van der Waals surface area contributed by atoms with E-state index in [1.165, 1.54) is 0 Å². The van der Waals surface area contributed by atoms with Crippen molar-refractivity contribution in [3.05, 3.63) is 52.6 Å². The summed E-state index contributed by atoms with van der Waals surface area (Å²) in [6.45, 7) is 2.76. The van der Waals surface area contributed by atoms with Crippen molar-refractivity contribution in [3.8, 4) is 0 Å². The van der Waals surface area contributed by atoms with Crippen LogP contribution in [0.15, 0.2) is 30.3 Å². The lowest BCUT2D eigenvalue weighted by molar-refractivity contribution is 0.146. The SMILES string of the molecule is CC(c1ccc2c(n1)CCCN2C(=O)OC1CC1)c1nc2ccc(Cl)cc2[nH]1. The maximum Gasteiger partial charge on any atom is 0.414 e. The Morgan fingerprint density at radius 2 is 2.14 bits per heavy atom. The molecule has 0 bridgehead atoms. The Kier molecular flexibility index (Phi) is 4.23. The molecule has 3 aromatic rings. The number of nitrogens with one attached hydrogen (secondary N) is 1. The summed E-state index contributed by atoms with van der Waals surface area (Å²) in [6, 6.07) is 9.59. The molecule has 3 heterocycles. The van der Waals surface area contributed by atoms with Crippen LogP contribution in [0.3, 0.4) is 0 Å². The van der Waals surface area contributed by atoms with Crippen molar-refractivity contribution >= 4 is 34.4 Å². The van der Waals surface area contributed by atoms with Gasteiger partial charge in [0.1, 0.15) is 11.9 Å². The molecule has 6 nitrogen and oxygen atoms in total. The van der Waals surface area contributed by atoms with E-state index < -0.39 is 0 Å². The molecule has 1 saturated carbocycles. The number of hydrogen-bond donors (Lipinski definition) is 1. The summed E-state index contributed by atoms with van der Waals surface area (Å²) in [6.07, 6.45) is 3.56. The van der Waals surface area contributed by atoms with Crippen molar-refractivity contribution in [2.24, 2.45) is 0 Å². The van der Waals surface area contributed by atoms with Gasteiger partial charge in [-0.2, -0.15) is 0 Å². The molecule has 0 radical (unpaired) electrons. The number of nitrogens with zero attached hydrogens (tertiary/aromatic N) is 3. The van der Waals surface area contributed by atoms with Crippen LogP contribution < -0.4 is 4.90 Å². The number of carbonyl (C=O) groups is 1. The summed E-state index contributed by atoms with van der Waals surface area (Å²) >= 11 is 6.08. The van der Waals surface area contributed by atoms with Gasteiger partial charge in [-0.1, -0.05) is 11.6 Å². The zero-order valence-corrected chi connectivity index (χ0v) is 16.4. The van der Waals surface area contributed by atoms with Gasteiger partial charge in [-0.15, -0.1) is 0 Å². The third kappa shape index (κ3) is 3.22. The van der Waals surface area contributed by atoms with Crippen molar-refractivity contribution in [1.82, 2.24) is 15.0 Å². The van der Waals surface area contributed by atoms with Crippen LogP contribution in [0.2, 0.25) is 5.02 Å². The van der Waals surface area contributed by atoms with Gasteiger partial charge in [0.05, 0.1) is 34.0 Å². The van der Waals surface area contributed by atoms with E-state index in [9.17, 15) is 4.79 Å². The van der Waals surface area contributed by atoms with Gasteiger partial charge in [0.15, 0.2) is 0 Å². The van der Waals surface area contributed by atoms with Crippen LogP contribution >= 0.6 is 11.6 Å². The number of carbonyl (C=O) groups excluding carboxylic acids is 1. The van der Waals surface area contributed by atoms with Crippen LogP contribution in [0.4, 0.5) is 10.5 Å². The second-order valence-electron chi connectivity index (χ2n) is 7.55. The first-order chi connectivity index (χ1) is 13.6. The van der Waals surface area contributed by atoms with Crippen molar-refractivity contribution < 1.29 is 9.53 Å². The number of imidazole rings is 1. The molecule has 1 amide bonds. The van der Waals surface area contributed by atoms with Crippen molar-refractivity contribution in [1.29, 1.82) is 0 Å². The van der Waals surface area contributed by atoms with E-state index in [0.717, 1.165) is 59.6 Å². The second-order valence-corrected chi connectivity index (χ2v) is 7.98. The number of fused-ring (bicyclic) bond motifs is 2. The van der Waals surface area contributed by atoms with Crippen molar-refractivity contribution in [3.63, 3.8) is 0 Å². The minimum absolute atomic E-state index is 0.00488. The molecule has 2 aliphatic rings. The number of aryl methyl sites for hydroxylation is 1. The highest BCUT2D eigenvalue weighted by Crippen LogP contribution is 2.32. The standard InChI is InChI=1S/C21H21ClN4O2/c1-12(20-24-16-7-4-13(22)11-18(16)25-20)15-8-9-19-17(23-15)3-2-10-26(19)21(27)28-14-5-6-14/h4,7-9,11-12,14H,2-3,5-6,10H2,1H3,(H,24,25). The number of rotatable bonds is 3. The average molecular weight is 397 g/mol. The Hall–Kier alpha value is -2.60. The molecule has 2 aromatic heterocycles. The fraction of sp³-hybridized carbons (Fsp3) is 0.381. The monoisotopic (exact) mass is 396 g/mol. The molecule has 7 heteroatoms. The third-order valence-corrected chi connectivity index (χ3v) is 5.62. The van der Waals surface area contributed by atoms with Gasteiger partial charge in [-0.25, -0.2) is 9.78 Å². The Balaban J connectivity index is 1.43. The molecule has 1 aromatic carbocycles. The summed E-state index contributed by atoms with van der Waals surface area (Å²) in [5.74, 6) is 0.857. The molecule has 1 N–H and O–H groups in total. The fourth-order valence-electron chi connectivity index (χ4n) is 3.64. The van der Waals surface area contributed by atoms with Gasteiger partial charge < -0.3 is 9.72 Å². The van der Waals surface area contributed by atoms with Gasteiger partial charge in [0, 0.05) is 11.6 Å². The predicted molar refractivity (Wildman–Crippen MR) is 108 cm³/mol.